The van der Waals surface area contributed by atoms with Crippen LogP contribution in [0.5, 0.6) is 0 Å². The average Bonchev–Trinajstić information content (AvgIpc) is 1.85. The number of nitrogens with zero attached hydrogens (tertiary/aromatic N) is 1. The van der Waals surface area contributed by atoms with Crippen LogP contribution in [0.25, 0.3) is 5.70 Å². The van der Waals surface area contributed by atoms with Gasteiger partial charge in [0.1, 0.15) is 10.3 Å². The predicted molar refractivity (Wildman–Crippen MR) is 47.5 cm³/mol. The smallest absolute Gasteiger partial charge is 0.140 e. The molecule has 0 aliphatic carbocycles. The van der Waals surface area contributed by atoms with Gasteiger partial charge in [0.25, 0.3) is 0 Å². The van der Waals surface area contributed by atoms with Crippen LogP contribution >= 0.6 is 23.2 Å². The van der Waals surface area contributed by atoms with Gasteiger partial charge in [-0.1, -0.05) is 29.8 Å². The summed E-state index contributed by atoms with van der Waals surface area (Å²) in [6, 6.07) is 3.29. The van der Waals surface area contributed by atoms with E-state index >= 15 is 0 Å². The first kappa shape index (κ1) is 8.37. The van der Waals surface area contributed by atoms with Gasteiger partial charge < -0.3 is 5.73 Å². The van der Waals surface area contributed by atoms with Gasteiger partial charge in [0.2, 0.25) is 0 Å². The number of pyridine rings is 1. The maximum absolute atomic E-state index is 5.69. The van der Waals surface area contributed by atoms with Crippen LogP contribution in [-0.2, 0) is 0 Å². The Kier molecular flexibility index (Phi) is 2.37. The summed E-state index contributed by atoms with van der Waals surface area (Å²) in [5.41, 5.74) is 6.41. The lowest BCUT2D eigenvalue weighted by Crippen LogP contribution is -1.95. The largest absolute Gasteiger partial charge is 0.399 e. The Hall–Kier alpha value is -0.730. The molecule has 0 unspecified atom stereocenters. The van der Waals surface area contributed by atoms with Crippen LogP contribution in [0.3, 0.4) is 0 Å². The summed E-state index contributed by atoms with van der Waals surface area (Å²) in [7, 11) is 0. The summed E-state index contributed by atoms with van der Waals surface area (Å²) in [6.45, 7) is 3.53. The van der Waals surface area contributed by atoms with Crippen molar-refractivity contribution in [2.75, 3.05) is 0 Å². The van der Waals surface area contributed by atoms with E-state index in [9.17, 15) is 0 Å². The molecular formula is C7H6Cl2N2. The second kappa shape index (κ2) is 3.11. The first-order chi connectivity index (χ1) is 5.11. The van der Waals surface area contributed by atoms with Crippen molar-refractivity contribution >= 4 is 28.9 Å². The molecule has 0 aliphatic rings. The highest BCUT2D eigenvalue weighted by Gasteiger charge is 2.02. The summed E-state index contributed by atoms with van der Waals surface area (Å²) in [6.07, 6.45) is 0. The first-order valence-corrected chi connectivity index (χ1v) is 3.63. The fraction of sp³-hybridized carbons (Fsp3) is 0. The molecule has 0 fully saturated rings. The van der Waals surface area contributed by atoms with Gasteiger partial charge in [-0.3, -0.25) is 0 Å². The lowest BCUT2D eigenvalue weighted by atomic mass is 10.2. The zero-order valence-electron chi connectivity index (χ0n) is 5.64. The van der Waals surface area contributed by atoms with E-state index in [4.69, 9.17) is 28.9 Å². The van der Waals surface area contributed by atoms with Crippen molar-refractivity contribution in [1.29, 1.82) is 0 Å². The Labute approximate surface area is 74.6 Å². The molecule has 0 aliphatic heterocycles. The highest BCUT2D eigenvalue weighted by atomic mass is 35.5. The van der Waals surface area contributed by atoms with Crippen molar-refractivity contribution in [1.82, 2.24) is 4.98 Å². The molecular weight excluding hydrogens is 183 g/mol. The van der Waals surface area contributed by atoms with Crippen LogP contribution < -0.4 is 5.73 Å². The minimum absolute atomic E-state index is 0.282. The lowest BCUT2D eigenvalue weighted by Gasteiger charge is -2.00. The molecule has 58 valence electrons. The number of halogens is 2. The third-order valence-corrected chi connectivity index (χ3v) is 1.66. The molecule has 0 radical (unpaired) electrons. The van der Waals surface area contributed by atoms with E-state index in [1.165, 1.54) is 0 Å². The highest BCUT2D eigenvalue weighted by Crippen LogP contribution is 2.19. The van der Waals surface area contributed by atoms with E-state index in [1.807, 2.05) is 0 Å². The van der Waals surface area contributed by atoms with Crippen LogP contribution in [0.1, 0.15) is 5.56 Å². The van der Waals surface area contributed by atoms with Crippen molar-refractivity contribution in [3.8, 4) is 0 Å². The fourth-order valence-electron chi connectivity index (χ4n) is 0.652. The number of hydrogen-bond donors (Lipinski definition) is 1. The van der Waals surface area contributed by atoms with E-state index in [0.717, 1.165) is 0 Å². The van der Waals surface area contributed by atoms with E-state index in [2.05, 4.69) is 11.6 Å². The second-order valence-electron chi connectivity index (χ2n) is 2.00. The van der Waals surface area contributed by atoms with Crippen LogP contribution in [0, 0.1) is 0 Å². The fourth-order valence-corrected chi connectivity index (χ4v) is 1.12. The monoisotopic (exact) mass is 188 g/mol. The molecule has 0 bridgehead atoms. The second-order valence-corrected chi connectivity index (χ2v) is 2.74. The van der Waals surface area contributed by atoms with E-state index in [1.54, 1.807) is 12.1 Å². The minimum Gasteiger partial charge on any atom is -0.399 e. The van der Waals surface area contributed by atoms with Gasteiger partial charge in [0, 0.05) is 11.3 Å². The molecule has 1 aromatic rings. The van der Waals surface area contributed by atoms with Crippen molar-refractivity contribution in [2.24, 2.45) is 5.73 Å². The standard InChI is InChI=1S/C7H6Cl2N2/c1-4(10)5-2-3-6(8)11-7(5)9/h2-3H,1,10H2. The van der Waals surface area contributed by atoms with Gasteiger partial charge in [0.15, 0.2) is 0 Å². The number of hydrogen-bond acceptors (Lipinski definition) is 2. The van der Waals surface area contributed by atoms with Crippen LogP contribution in [0.2, 0.25) is 10.3 Å². The molecule has 4 heteroatoms. The molecule has 0 aromatic carbocycles. The molecule has 2 nitrogen and oxygen atoms in total. The topological polar surface area (TPSA) is 38.9 Å². The number of rotatable bonds is 1. The van der Waals surface area contributed by atoms with Gasteiger partial charge in [-0.15, -0.1) is 0 Å². The van der Waals surface area contributed by atoms with Crippen LogP contribution in [0.4, 0.5) is 0 Å². The maximum Gasteiger partial charge on any atom is 0.140 e. The van der Waals surface area contributed by atoms with E-state index in [0.29, 0.717) is 16.4 Å². The lowest BCUT2D eigenvalue weighted by molar-refractivity contribution is 1.30. The van der Waals surface area contributed by atoms with Gasteiger partial charge >= 0.3 is 0 Å². The SMILES string of the molecule is C=C(N)c1ccc(Cl)nc1Cl. The molecule has 1 aromatic heterocycles. The van der Waals surface area contributed by atoms with E-state index in [-0.39, 0.29) is 5.15 Å². The highest BCUT2D eigenvalue weighted by molar-refractivity contribution is 6.33. The third-order valence-electron chi connectivity index (χ3n) is 1.16. The van der Waals surface area contributed by atoms with Crippen molar-refractivity contribution in [3.05, 3.63) is 34.6 Å². The summed E-state index contributed by atoms with van der Waals surface area (Å²) in [5, 5.41) is 0.630. The van der Waals surface area contributed by atoms with Gasteiger partial charge in [-0.2, -0.15) is 0 Å². The number of aromatic nitrogens is 1. The summed E-state index contributed by atoms with van der Waals surface area (Å²) in [4.78, 5) is 3.78. The molecule has 0 spiro atoms. The quantitative estimate of drug-likeness (QED) is 0.688. The van der Waals surface area contributed by atoms with Gasteiger partial charge in [-0.05, 0) is 12.1 Å². The molecule has 2 N–H and O–H groups in total. The maximum atomic E-state index is 5.69. The molecule has 11 heavy (non-hydrogen) atoms. The van der Waals surface area contributed by atoms with Gasteiger partial charge in [-0.25, -0.2) is 4.98 Å². The Morgan fingerprint density at radius 3 is 2.55 bits per heavy atom. The average molecular weight is 189 g/mol. The van der Waals surface area contributed by atoms with Crippen molar-refractivity contribution in [3.63, 3.8) is 0 Å². The van der Waals surface area contributed by atoms with Crippen molar-refractivity contribution < 1.29 is 0 Å². The summed E-state index contributed by atoms with van der Waals surface area (Å²) >= 11 is 11.2. The zero-order chi connectivity index (χ0) is 8.43. The molecule has 1 heterocycles. The molecule has 0 saturated heterocycles. The Bertz CT molecular complexity index is 296. The van der Waals surface area contributed by atoms with Crippen molar-refractivity contribution in [2.45, 2.75) is 0 Å². The predicted octanol–water partition coefficient (Wildman–Crippen LogP) is 2.32. The Balaban J connectivity index is 3.20. The molecule has 1 rings (SSSR count). The third kappa shape index (κ3) is 1.85. The van der Waals surface area contributed by atoms with Crippen LogP contribution in [0.15, 0.2) is 18.7 Å². The summed E-state index contributed by atoms with van der Waals surface area (Å²) < 4.78 is 0. The first-order valence-electron chi connectivity index (χ1n) is 2.88. The minimum atomic E-state index is 0.282. The van der Waals surface area contributed by atoms with Gasteiger partial charge in [0.05, 0.1) is 0 Å². The number of nitrogens with two attached hydrogens (primary N) is 1. The normalized spacial score (nSPS) is 9.64. The molecule has 0 amide bonds. The Morgan fingerprint density at radius 1 is 1.45 bits per heavy atom. The zero-order valence-corrected chi connectivity index (χ0v) is 7.15. The summed E-state index contributed by atoms with van der Waals surface area (Å²) in [5.74, 6) is 0. The molecule has 0 atom stereocenters. The Morgan fingerprint density at radius 2 is 2.09 bits per heavy atom. The van der Waals surface area contributed by atoms with Crippen LogP contribution in [-0.4, -0.2) is 4.98 Å². The van der Waals surface area contributed by atoms with E-state index < -0.39 is 0 Å². The molecule has 0 saturated carbocycles.